The Morgan fingerprint density at radius 3 is 2.45 bits per heavy atom. The van der Waals surface area contributed by atoms with Crippen LogP contribution in [0, 0.1) is 0 Å². The van der Waals surface area contributed by atoms with Crippen LogP contribution in [0.25, 0.3) is 0 Å². The molecule has 1 fully saturated rings. The number of rotatable bonds is 9. The first-order valence-corrected chi connectivity index (χ1v) is 12.0. The lowest BCUT2D eigenvalue weighted by molar-refractivity contribution is 0.0690. The number of carbonyl (C=O) groups excluding carboxylic acids is 1. The molecule has 0 saturated carbocycles. The number of aliphatic hydroxyl groups excluding tert-OH is 1. The number of carbonyl (C=O) groups is 1. The van der Waals surface area contributed by atoms with Crippen molar-refractivity contribution in [2.24, 2.45) is 0 Å². The molecule has 6 heteroatoms. The Morgan fingerprint density at radius 1 is 1.09 bits per heavy atom. The first kappa shape index (κ1) is 23.2. The van der Waals surface area contributed by atoms with Gasteiger partial charge in [0.15, 0.2) is 0 Å². The maximum Gasteiger partial charge on any atom is 0.253 e. The van der Waals surface area contributed by atoms with Gasteiger partial charge in [-0.2, -0.15) is 5.10 Å². The fourth-order valence-corrected chi connectivity index (χ4v) is 4.59. The van der Waals surface area contributed by atoms with Gasteiger partial charge in [-0.15, -0.1) is 0 Å². The van der Waals surface area contributed by atoms with Gasteiger partial charge in [-0.3, -0.25) is 9.48 Å². The number of aromatic nitrogens is 2. The second-order valence-corrected chi connectivity index (χ2v) is 8.78. The molecule has 174 valence electrons. The number of aliphatic hydroxyl groups is 1. The van der Waals surface area contributed by atoms with Crippen molar-refractivity contribution >= 4 is 5.91 Å². The summed E-state index contributed by atoms with van der Waals surface area (Å²) in [6.07, 6.45) is 6.86. The normalized spacial score (nSPS) is 16.5. The summed E-state index contributed by atoms with van der Waals surface area (Å²) in [5.41, 5.74) is 2.86. The molecular weight excluding hydrogens is 412 g/mol. The van der Waals surface area contributed by atoms with E-state index in [4.69, 9.17) is 0 Å². The van der Waals surface area contributed by atoms with Gasteiger partial charge < -0.3 is 15.3 Å². The molecule has 3 aromatic rings. The first-order chi connectivity index (χ1) is 16.2. The van der Waals surface area contributed by atoms with Gasteiger partial charge in [0.25, 0.3) is 5.91 Å². The van der Waals surface area contributed by atoms with Crippen LogP contribution in [-0.2, 0) is 6.42 Å². The molecule has 0 radical (unpaired) electrons. The molecule has 4 rings (SSSR count). The number of nitrogens with one attached hydrogen (secondary N) is 1. The maximum absolute atomic E-state index is 12.9. The Bertz CT molecular complexity index is 981. The van der Waals surface area contributed by atoms with Crippen LogP contribution in [0.1, 0.15) is 59.8 Å². The van der Waals surface area contributed by atoms with Gasteiger partial charge in [-0.05, 0) is 61.6 Å². The van der Waals surface area contributed by atoms with E-state index < -0.39 is 6.10 Å². The summed E-state index contributed by atoms with van der Waals surface area (Å²) in [7, 11) is 0. The van der Waals surface area contributed by atoms with E-state index in [1.807, 2.05) is 82.6 Å². The van der Waals surface area contributed by atoms with E-state index in [0.29, 0.717) is 6.04 Å². The number of piperidine rings is 1. The van der Waals surface area contributed by atoms with Crippen LogP contribution in [0.5, 0.6) is 0 Å². The predicted molar refractivity (Wildman–Crippen MR) is 130 cm³/mol. The molecule has 1 saturated heterocycles. The summed E-state index contributed by atoms with van der Waals surface area (Å²) in [5.74, 6) is 0.107. The van der Waals surface area contributed by atoms with Crippen LogP contribution in [0.3, 0.4) is 0 Å². The Balaban J connectivity index is 1.25. The number of nitrogens with zero attached hydrogens (tertiary/aromatic N) is 3. The summed E-state index contributed by atoms with van der Waals surface area (Å²) in [6.45, 7) is 4.38. The molecule has 2 N–H and O–H groups in total. The average Bonchev–Trinajstić information content (AvgIpc) is 3.42. The van der Waals surface area contributed by atoms with Crippen molar-refractivity contribution in [2.45, 2.75) is 50.8 Å². The van der Waals surface area contributed by atoms with Crippen LogP contribution < -0.4 is 5.32 Å². The number of hydrogen-bond acceptors (Lipinski definition) is 4. The smallest absolute Gasteiger partial charge is 0.253 e. The van der Waals surface area contributed by atoms with Crippen molar-refractivity contribution in [2.75, 3.05) is 19.6 Å². The van der Waals surface area contributed by atoms with Gasteiger partial charge in [-0.25, -0.2) is 0 Å². The summed E-state index contributed by atoms with van der Waals surface area (Å²) in [5, 5.41) is 18.5. The quantitative estimate of drug-likeness (QED) is 0.521. The van der Waals surface area contributed by atoms with E-state index in [1.54, 1.807) is 0 Å². The van der Waals surface area contributed by atoms with Gasteiger partial charge in [0.1, 0.15) is 0 Å². The zero-order chi connectivity index (χ0) is 23.0. The molecule has 0 spiro atoms. The molecule has 6 nitrogen and oxygen atoms in total. The third kappa shape index (κ3) is 5.89. The van der Waals surface area contributed by atoms with E-state index in [9.17, 15) is 9.90 Å². The monoisotopic (exact) mass is 446 g/mol. The summed E-state index contributed by atoms with van der Waals surface area (Å²) in [6, 6.07) is 20.1. The highest BCUT2D eigenvalue weighted by atomic mass is 16.3. The van der Waals surface area contributed by atoms with Gasteiger partial charge in [0.2, 0.25) is 0 Å². The maximum atomic E-state index is 12.9. The van der Waals surface area contributed by atoms with E-state index in [-0.39, 0.29) is 11.9 Å². The fourth-order valence-electron chi connectivity index (χ4n) is 4.59. The van der Waals surface area contributed by atoms with Crippen LogP contribution in [0.15, 0.2) is 73.1 Å². The fraction of sp³-hybridized carbons (Fsp3) is 0.407. The van der Waals surface area contributed by atoms with Gasteiger partial charge in [0.05, 0.1) is 12.1 Å². The highest BCUT2D eigenvalue weighted by molar-refractivity contribution is 5.94. The minimum Gasteiger partial charge on any atom is -0.387 e. The largest absolute Gasteiger partial charge is 0.387 e. The van der Waals surface area contributed by atoms with E-state index >= 15 is 0 Å². The standard InChI is InChI=1S/C27H34N4O2/c1-2-25(26(32)22-7-4-3-5-8-22)28-17-13-21-9-11-23(12-10-21)27(33)30-19-14-24(15-20-30)31-18-6-16-29-31/h3-12,16,18,24-26,28,32H,2,13-15,17,19-20H2,1H3/t25-,26-/m1/s1. The van der Waals surface area contributed by atoms with E-state index in [2.05, 4.69) is 17.3 Å². The Labute approximate surface area is 196 Å². The highest BCUT2D eigenvalue weighted by Crippen LogP contribution is 2.23. The molecule has 0 unspecified atom stereocenters. The summed E-state index contributed by atoms with van der Waals surface area (Å²) >= 11 is 0. The van der Waals surface area contributed by atoms with Crippen LogP contribution in [0.2, 0.25) is 0 Å². The third-order valence-corrected chi connectivity index (χ3v) is 6.63. The van der Waals surface area contributed by atoms with Crippen molar-refractivity contribution in [1.82, 2.24) is 20.0 Å². The van der Waals surface area contributed by atoms with Crippen molar-refractivity contribution in [3.05, 3.63) is 89.7 Å². The molecule has 1 amide bonds. The SMILES string of the molecule is CC[C@@H](NCCc1ccc(C(=O)N2CCC(n3cccn3)CC2)cc1)[C@H](O)c1ccccc1. The van der Waals surface area contributed by atoms with Crippen molar-refractivity contribution in [3.63, 3.8) is 0 Å². The molecule has 2 aromatic carbocycles. The average molecular weight is 447 g/mol. The molecule has 0 aliphatic carbocycles. The number of amides is 1. The molecule has 1 aliphatic rings. The lowest BCUT2D eigenvalue weighted by Gasteiger charge is -2.32. The van der Waals surface area contributed by atoms with Crippen molar-refractivity contribution < 1.29 is 9.90 Å². The first-order valence-electron chi connectivity index (χ1n) is 12.0. The number of likely N-dealkylation sites (tertiary alicyclic amines) is 1. The molecule has 33 heavy (non-hydrogen) atoms. The van der Waals surface area contributed by atoms with Gasteiger partial charge in [-0.1, -0.05) is 49.4 Å². The van der Waals surface area contributed by atoms with Crippen LogP contribution >= 0.6 is 0 Å². The molecular formula is C27H34N4O2. The second-order valence-electron chi connectivity index (χ2n) is 8.78. The molecule has 0 bridgehead atoms. The van der Waals surface area contributed by atoms with E-state index in [1.165, 1.54) is 5.56 Å². The van der Waals surface area contributed by atoms with Gasteiger partial charge >= 0.3 is 0 Å². The Hall–Kier alpha value is -2.96. The van der Waals surface area contributed by atoms with E-state index in [0.717, 1.165) is 56.4 Å². The minimum atomic E-state index is -0.520. The Kier molecular flexibility index (Phi) is 7.92. The Morgan fingerprint density at radius 2 is 1.82 bits per heavy atom. The lowest BCUT2D eigenvalue weighted by Crippen LogP contribution is -2.39. The molecule has 1 aliphatic heterocycles. The van der Waals surface area contributed by atoms with Crippen molar-refractivity contribution in [1.29, 1.82) is 0 Å². The molecule has 2 heterocycles. The summed E-state index contributed by atoms with van der Waals surface area (Å²) in [4.78, 5) is 14.9. The zero-order valence-corrected chi connectivity index (χ0v) is 19.3. The number of benzene rings is 2. The lowest BCUT2D eigenvalue weighted by atomic mass is 10.00. The predicted octanol–water partition coefficient (Wildman–Crippen LogP) is 4.00. The number of hydrogen-bond donors (Lipinski definition) is 2. The third-order valence-electron chi connectivity index (χ3n) is 6.63. The van der Waals surface area contributed by atoms with Gasteiger partial charge in [0, 0.05) is 37.1 Å². The van der Waals surface area contributed by atoms with Crippen LogP contribution in [0.4, 0.5) is 0 Å². The highest BCUT2D eigenvalue weighted by Gasteiger charge is 2.24. The molecule has 2 atom stereocenters. The molecule has 1 aromatic heterocycles. The van der Waals surface area contributed by atoms with Crippen LogP contribution in [-0.4, -0.2) is 51.4 Å². The minimum absolute atomic E-state index is 0.0120. The van der Waals surface area contributed by atoms with Crippen molar-refractivity contribution in [3.8, 4) is 0 Å². The zero-order valence-electron chi connectivity index (χ0n) is 19.3. The topological polar surface area (TPSA) is 70.4 Å². The summed E-state index contributed by atoms with van der Waals surface area (Å²) < 4.78 is 2.01. The second kappa shape index (κ2) is 11.3.